The molecule has 0 spiro atoms. The molecular formula is C6H5Na3O7P2. The molecule has 0 amide bonds. The van der Waals surface area contributed by atoms with Crippen LogP contribution in [0.1, 0.15) is 0 Å². The molecule has 84 valence electrons. The topological polar surface area (TPSA) is 122 Å². The van der Waals surface area contributed by atoms with E-state index in [9.17, 15) is 23.8 Å². The van der Waals surface area contributed by atoms with E-state index < -0.39 is 15.6 Å². The first-order chi connectivity index (χ1) is 6.79. The molecule has 0 aliphatic heterocycles. The summed E-state index contributed by atoms with van der Waals surface area (Å²) < 4.78 is 28.3. The van der Waals surface area contributed by atoms with Crippen LogP contribution < -0.4 is 108 Å². The molecule has 0 heterocycles. The molecule has 0 aliphatic rings. The molecule has 12 heteroatoms. The Balaban J connectivity index is -0.000000750. The molecule has 0 saturated carbocycles. The van der Waals surface area contributed by atoms with Gasteiger partial charge in [0.15, 0.2) is 0 Å². The van der Waals surface area contributed by atoms with Gasteiger partial charge in [0.25, 0.3) is 0 Å². The minimum atomic E-state index is -5.62. The molecule has 7 nitrogen and oxygen atoms in total. The zero-order chi connectivity index (χ0) is 11.5. The third kappa shape index (κ3) is 12.1. The number of phosphoric ester groups is 1. The Kier molecular flexibility index (Phi) is 15.4. The average molecular weight is 320 g/mol. The van der Waals surface area contributed by atoms with Crippen molar-refractivity contribution in [3.8, 4) is 5.75 Å². The van der Waals surface area contributed by atoms with Gasteiger partial charge in [-0.15, -0.1) is 0 Å². The SMILES string of the molecule is O=P([O-])([O-])OP(=O)([O-])Oc1ccccc1.[Na+].[Na+].[Na+]. The van der Waals surface area contributed by atoms with Crippen LogP contribution in [0.5, 0.6) is 5.75 Å². The van der Waals surface area contributed by atoms with Crippen LogP contribution in [-0.4, -0.2) is 0 Å². The Morgan fingerprint density at radius 1 is 0.889 bits per heavy atom. The zero-order valence-electron chi connectivity index (χ0n) is 10.1. The second-order valence-electron chi connectivity index (χ2n) is 2.38. The van der Waals surface area contributed by atoms with Crippen LogP contribution in [-0.2, 0) is 13.4 Å². The van der Waals surface area contributed by atoms with Gasteiger partial charge in [0.05, 0.1) is 7.82 Å². The molecule has 0 saturated heterocycles. The van der Waals surface area contributed by atoms with Gasteiger partial charge in [-0.2, -0.15) is 0 Å². The summed E-state index contributed by atoms with van der Waals surface area (Å²) in [6.45, 7) is 0. The van der Waals surface area contributed by atoms with Gasteiger partial charge in [-0.3, -0.25) is 8.88 Å². The van der Waals surface area contributed by atoms with Crippen LogP contribution in [0.25, 0.3) is 0 Å². The van der Waals surface area contributed by atoms with Gasteiger partial charge >= 0.3 is 96.5 Å². The number of hydrogen-bond acceptors (Lipinski definition) is 7. The van der Waals surface area contributed by atoms with E-state index in [-0.39, 0.29) is 94.4 Å². The van der Waals surface area contributed by atoms with E-state index in [4.69, 9.17) is 0 Å². The quantitative estimate of drug-likeness (QED) is 0.399. The standard InChI is InChI=1S/C6H8O7P2.3Na/c7-14(8,9)13-15(10,11)12-6-4-2-1-3-5-6;;;/h1-5H,(H,10,11)(H2,7,8,9);;;/q;3*+1/p-3. The van der Waals surface area contributed by atoms with E-state index in [0.29, 0.717) is 0 Å². The first-order valence-corrected chi connectivity index (χ1v) is 6.50. The van der Waals surface area contributed by atoms with Crippen LogP contribution in [0.2, 0.25) is 0 Å². The van der Waals surface area contributed by atoms with E-state index in [1.165, 1.54) is 24.3 Å². The van der Waals surface area contributed by atoms with Crippen molar-refractivity contribution in [2.75, 3.05) is 0 Å². The van der Waals surface area contributed by atoms with Crippen molar-refractivity contribution in [1.82, 2.24) is 0 Å². The Hall–Kier alpha value is 2.32. The molecule has 18 heavy (non-hydrogen) atoms. The minimum Gasteiger partial charge on any atom is -0.789 e. The van der Waals surface area contributed by atoms with Crippen LogP contribution in [0, 0.1) is 0 Å². The normalized spacial score (nSPS) is 13.1. The predicted molar refractivity (Wildman–Crippen MR) is 43.4 cm³/mol. The molecule has 1 aromatic rings. The smallest absolute Gasteiger partial charge is 0.789 e. The second-order valence-corrected chi connectivity index (χ2v) is 5.01. The zero-order valence-corrected chi connectivity index (χ0v) is 17.9. The fraction of sp³-hybridized carbons (Fsp3) is 0. The van der Waals surface area contributed by atoms with Crippen molar-refractivity contribution < 1.29 is 121 Å². The monoisotopic (exact) mass is 320 g/mol. The average Bonchev–Trinajstić information content (AvgIpc) is 1.99. The van der Waals surface area contributed by atoms with Crippen LogP contribution in [0.15, 0.2) is 30.3 Å². The molecule has 1 aromatic carbocycles. The maximum Gasteiger partial charge on any atom is 1.00 e. The summed E-state index contributed by atoms with van der Waals surface area (Å²) in [5.74, 6) is -0.149. The Morgan fingerprint density at radius 2 is 1.33 bits per heavy atom. The van der Waals surface area contributed by atoms with Gasteiger partial charge < -0.3 is 23.8 Å². The third-order valence-corrected chi connectivity index (χ3v) is 3.19. The predicted octanol–water partition coefficient (Wildman–Crippen LogP) is -9.61. The molecule has 0 bridgehead atoms. The summed E-state index contributed by atoms with van der Waals surface area (Å²) in [7, 11) is -10.8. The maximum absolute atomic E-state index is 10.8. The molecule has 0 aromatic heterocycles. The van der Waals surface area contributed by atoms with Crippen molar-refractivity contribution in [2.45, 2.75) is 0 Å². The molecule has 0 radical (unpaired) electrons. The maximum atomic E-state index is 10.8. The van der Waals surface area contributed by atoms with Gasteiger partial charge in [0.2, 0.25) is 0 Å². The Labute approximate surface area is 170 Å². The van der Waals surface area contributed by atoms with Crippen LogP contribution in [0.3, 0.4) is 0 Å². The van der Waals surface area contributed by atoms with E-state index in [2.05, 4.69) is 8.83 Å². The number of phosphoric acid groups is 2. The summed E-state index contributed by atoms with van der Waals surface area (Å²) in [4.78, 5) is 30.9. The largest absolute Gasteiger partial charge is 1.00 e. The van der Waals surface area contributed by atoms with Gasteiger partial charge in [-0.1, -0.05) is 18.2 Å². The summed E-state index contributed by atoms with van der Waals surface area (Å²) in [5.41, 5.74) is 0. The van der Waals surface area contributed by atoms with E-state index in [0.717, 1.165) is 0 Å². The Bertz CT molecular complexity index is 422. The molecular weight excluding hydrogens is 315 g/mol. The van der Waals surface area contributed by atoms with Crippen molar-refractivity contribution in [3.63, 3.8) is 0 Å². The van der Waals surface area contributed by atoms with E-state index in [1.807, 2.05) is 0 Å². The van der Waals surface area contributed by atoms with E-state index >= 15 is 0 Å². The first-order valence-electron chi connectivity index (χ1n) is 3.58. The van der Waals surface area contributed by atoms with Gasteiger partial charge in [-0.25, -0.2) is 0 Å². The number of rotatable bonds is 4. The van der Waals surface area contributed by atoms with Gasteiger partial charge in [0.1, 0.15) is 5.75 Å². The van der Waals surface area contributed by atoms with Crippen molar-refractivity contribution in [1.29, 1.82) is 0 Å². The number of hydrogen-bond donors (Lipinski definition) is 0. The molecule has 0 fully saturated rings. The minimum absolute atomic E-state index is 0. The number of para-hydroxylation sites is 1. The van der Waals surface area contributed by atoms with Gasteiger partial charge in [0, 0.05) is 0 Å². The summed E-state index contributed by atoms with van der Waals surface area (Å²) in [6, 6.07) is 7.03. The summed E-state index contributed by atoms with van der Waals surface area (Å²) in [6.07, 6.45) is 0. The Morgan fingerprint density at radius 3 is 1.72 bits per heavy atom. The van der Waals surface area contributed by atoms with E-state index in [1.54, 1.807) is 6.07 Å². The summed E-state index contributed by atoms with van der Waals surface area (Å²) >= 11 is 0. The number of benzene rings is 1. The summed E-state index contributed by atoms with van der Waals surface area (Å²) in [5, 5.41) is 0. The molecule has 1 rings (SSSR count). The van der Waals surface area contributed by atoms with Crippen molar-refractivity contribution in [3.05, 3.63) is 30.3 Å². The third-order valence-electron chi connectivity index (χ3n) is 1.16. The molecule has 0 N–H and O–H groups in total. The fourth-order valence-electron chi connectivity index (χ4n) is 0.750. The van der Waals surface area contributed by atoms with Crippen LogP contribution in [0.4, 0.5) is 0 Å². The first kappa shape index (κ1) is 25.3. The van der Waals surface area contributed by atoms with Crippen molar-refractivity contribution in [2.24, 2.45) is 0 Å². The van der Waals surface area contributed by atoms with Crippen LogP contribution >= 0.6 is 15.6 Å². The molecule has 1 atom stereocenters. The van der Waals surface area contributed by atoms with Crippen molar-refractivity contribution >= 4 is 15.6 Å². The van der Waals surface area contributed by atoms with Gasteiger partial charge in [-0.05, 0) is 12.1 Å². The molecule has 1 unspecified atom stereocenters. The fourth-order valence-corrected chi connectivity index (χ4v) is 2.24. The molecule has 0 aliphatic carbocycles. The second kappa shape index (κ2) is 11.0.